The molecule has 0 unspecified atom stereocenters. The van der Waals surface area contributed by atoms with Gasteiger partial charge in [0.1, 0.15) is 11.6 Å². The summed E-state index contributed by atoms with van der Waals surface area (Å²) < 4.78 is 2.17. The Balaban J connectivity index is 2.23. The van der Waals surface area contributed by atoms with Gasteiger partial charge in [0.25, 0.3) is 5.91 Å². The number of nitrogens with one attached hydrogen (secondary N) is 1. The van der Waals surface area contributed by atoms with Crippen molar-refractivity contribution in [3.05, 3.63) is 58.4 Å². The molecular formula is C20H22N4O2. The molecule has 0 aliphatic rings. The van der Waals surface area contributed by atoms with E-state index in [-0.39, 0.29) is 5.57 Å². The maximum atomic E-state index is 12.4. The molecule has 134 valence electrons. The molecule has 1 heterocycles. The van der Waals surface area contributed by atoms with E-state index in [2.05, 4.69) is 16.8 Å². The highest BCUT2D eigenvalue weighted by atomic mass is 16.2. The van der Waals surface area contributed by atoms with Gasteiger partial charge in [0, 0.05) is 29.2 Å². The van der Waals surface area contributed by atoms with E-state index in [1.165, 1.54) is 12.1 Å². The Morgan fingerprint density at radius 1 is 1.27 bits per heavy atom. The normalized spacial score (nSPS) is 11.1. The van der Waals surface area contributed by atoms with Gasteiger partial charge in [-0.15, -0.1) is 0 Å². The molecular weight excluding hydrogens is 328 g/mol. The first-order valence-electron chi connectivity index (χ1n) is 8.37. The minimum absolute atomic E-state index is 0.0146. The van der Waals surface area contributed by atoms with Crippen LogP contribution in [0.5, 0.6) is 0 Å². The Kier molecular flexibility index (Phi) is 5.97. The minimum Gasteiger partial charge on any atom is -0.366 e. The highest BCUT2D eigenvalue weighted by Crippen LogP contribution is 2.19. The van der Waals surface area contributed by atoms with Gasteiger partial charge in [0.15, 0.2) is 0 Å². The van der Waals surface area contributed by atoms with E-state index in [0.717, 1.165) is 29.9 Å². The van der Waals surface area contributed by atoms with Crippen molar-refractivity contribution in [3.8, 4) is 6.07 Å². The van der Waals surface area contributed by atoms with E-state index in [9.17, 15) is 14.9 Å². The summed E-state index contributed by atoms with van der Waals surface area (Å²) in [6, 6.07) is 10.1. The van der Waals surface area contributed by atoms with Crippen LogP contribution in [0.15, 0.2) is 35.9 Å². The Hall–Kier alpha value is -3.33. The highest BCUT2D eigenvalue weighted by molar-refractivity contribution is 6.09. The zero-order valence-corrected chi connectivity index (χ0v) is 15.2. The summed E-state index contributed by atoms with van der Waals surface area (Å²) in [4.78, 5) is 23.5. The fraction of sp³-hybridized carbons (Fsp3) is 0.250. The Morgan fingerprint density at radius 3 is 2.46 bits per heavy atom. The lowest BCUT2D eigenvalue weighted by molar-refractivity contribution is -0.112. The van der Waals surface area contributed by atoms with Crippen LogP contribution in [-0.2, 0) is 11.3 Å². The van der Waals surface area contributed by atoms with Crippen LogP contribution in [0, 0.1) is 25.2 Å². The van der Waals surface area contributed by atoms with Gasteiger partial charge in [-0.05, 0) is 62.2 Å². The van der Waals surface area contributed by atoms with E-state index < -0.39 is 11.8 Å². The first-order valence-corrected chi connectivity index (χ1v) is 8.37. The van der Waals surface area contributed by atoms with Crippen molar-refractivity contribution in [1.82, 2.24) is 4.57 Å². The number of hydrogen-bond acceptors (Lipinski definition) is 3. The maximum Gasteiger partial charge on any atom is 0.266 e. The second kappa shape index (κ2) is 8.17. The lowest BCUT2D eigenvalue weighted by Crippen LogP contribution is -2.14. The number of amides is 2. The molecule has 2 rings (SSSR count). The first-order chi connectivity index (χ1) is 12.4. The van der Waals surface area contributed by atoms with Crippen molar-refractivity contribution >= 4 is 23.6 Å². The zero-order chi connectivity index (χ0) is 19.3. The van der Waals surface area contributed by atoms with Crippen LogP contribution in [0.4, 0.5) is 5.69 Å². The molecule has 6 heteroatoms. The molecule has 2 aromatic rings. The third-order valence-corrected chi connectivity index (χ3v) is 4.15. The largest absolute Gasteiger partial charge is 0.366 e. The molecule has 2 amide bonds. The molecule has 0 saturated carbocycles. The molecule has 0 fully saturated rings. The quantitative estimate of drug-likeness (QED) is 0.618. The minimum atomic E-state index is -0.539. The van der Waals surface area contributed by atoms with Gasteiger partial charge in [-0.1, -0.05) is 6.92 Å². The number of carbonyl (C=O) groups is 2. The second-order valence-corrected chi connectivity index (χ2v) is 6.04. The number of aromatic nitrogens is 1. The molecule has 0 radical (unpaired) electrons. The fourth-order valence-corrected chi connectivity index (χ4v) is 2.76. The van der Waals surface area contributed by atoms with Crippen LogP contribution in [-0.4, -0.2) is 16.4 Å². The smallest absolute Gasteiger partial charge is 0.266 e. The van der Waals surface area contributed by atoms with E-state index in [1.54, 1.807) is 18.2 Å². The Morgan fingerprint density at radius 2 is 1.92 bits per heavy atom. The lowest BCUT2D eigenvalue weighted by atomic mass is 10.1. The molecule has 0 bridgehead atoms. The third-order valence-electron chi connectivity index (χ3n) is 4.15. The lowest BCUT2D eigenvalue weighted by Gasteiger charge is -2.07. The monoisotopic (exact) mass is 350 g/mol. The fourth-order valence-electron chi connectivity index (χ4n) is 2.76. The van der Waals surface area contributed by atoms with Crippen molar-refractivity contribution in [2.75, 3.05) is 5.32 Å². The number of hydrogen-bond donors (Lipinski definition) is 2. The molecule has 0 atom stereocenters. The molecule has 3 N–H and O–H groups in total. The number of nitrogens with two attached hydrogens (primary N) is 1. The van der Waals surface area contributed by atoms with Crippen molar-refractivity contribution in [2.24, 2.45) is 5.73 Å². The van der Waals surface area contributed by atoms with Crippen LogP contribution >= 0.6 is 0 Å². The second-order valence-electron chi connectivity index (χ2n) is 6.04. The molecule has 26 heavy (non-hydrogen) atoms. The maximum absolute atomic E-state index is 12.4. The Labute approximate surface area is 152 Å². The molecule has 0 aliphatic heterocycles. The number of benzene rings is 1. The van der Waals surface area contributed by atoms with Crippen molar-refractivity contribution < 1.29 is 9.59 Å². The van der Waals surface area contributed by atoms with E-state index >= 15 is 0 Å². The number of carbonyl (C=O) groups excluding carboxylic acids is 2. The average Bonchev–Trinajstić information content (AvgIpc) is 2.87. The summed E-state index contributed by atoms with van der Waals surface area (Å²) >= 11 is 0. The Bertz CT molecular complexity index is 899. The van der Waals surface area contributed by atoms with Gasteiger partial charge in [-0.25, -0.2) is 0 Å². The summed E-state index contributed by atoms with van der Waals surface area (Å²) in [5, 5.41) is 12.0. The summed E-state index contributed by atoms with van der Waals surface area (Å²) in [6.07, 6.45) is 2.61. The number of primary amides is 1. The third kappa shape index (κ3) is 4.19. The van der Waals surface area contributed by atoms with E-state index in [4.69, 9.17) is 5.73 Å². The van der Waals surface area contributed by atoms with Crippen LogP contribution in [0.3, 0.4) is 0 Å². The van der Waals surface area contributed by atoms with Crippen molar-refractivity contribution in [3.63, 3.8) is 0 Å². The number of nitrogens with zero attached hydrogens (tertiary/aromatic N) is 2. The van der Waals surface area contributed by atoms with E-state index in [0.29, 0.717) is 11.3 Å². The van der Waals surface area contributed by atoms with Crippen molar-refractivity contribution in [2.45, 2.75) is 33.7 Å². The SMILES string of the molecule is CCCn1c(C)cc(/C=C(/C#N)C(=O)Nc2ccc(C(N)=O)cc2)c1C. The van der Waals surface area contributed by atoms with Gasteiger partial charge in [-0.3, -0.25) is 9.59 Å². The number of anilines is 1. The van der Waals surface area contributed by atoms with E-state index in [1.807, 2.05) is 26.0 Å². The van der Waals surface area contributed by atoms with Crippen molar-refractivity contribution in [1.29, 1.82) is 5.26 Å². The van der Waals surface area contributed by atoms with Gasteiger partial charge in [0.2, 0.25) is 5.91 Å². The topological polar surface area (TPSA) is 101 Å². The van der Waals surface area contributed by atoms with Crippen LogP contribution in [0.2, 0.25) is 0 Å². The molecule has 0 aliphatic carbocycles. The van der Waals surface area contributed by atoms with Gasteiger partial charge < -0.3 is 15.6 Å². The molecule has 0 spiro atoms. The van der Waals surface area contributed by atoms with Gasteiger partial charge in [0.05, 0.1) is 0 Å². The predicted molar refractivity (Wildman–Crippen MR) is 101 cm³/mol. The first kappa shape index (κ1) is 19.0. The number of nitriles is 1. The standard InChI is InChI=1S/C20H22N4O2/c1-4-9-24-13(2)10-16(14(24)3)11-17(12-21)20(26)23-18-7-5-15(6-8-18)19(22)25/h5-8,10-11H,4,9H2,1-3H3,(H2,22,25)(H,23,26)/b17-11-. The van der Waals surface area contributed by atoms with Crippen LogP contribution in [0.25, 0.3) is 6.08 Å². The molecule has 1 aromatic carbocycles. The summed E-state index contributed by atoms with van der Waals surface area (Å²) in [5.41, 5.74) is 9.01. The molecule has 1 aromatic heterocycles. The van der Waals surface area contributed by atoms with Gasteiger partial charge in [-0.2, -0.15) is 5.26 Å². The summed E-state index contributed by atoms with van der Waals surface area (Å²) in [6.45, 7) is 6.98. The van der Waals surface area contributed by atoms with Gasteiger partial charge >= 0.3 is 0 Å². The molecule has 6 nitrogen and oxygen atoms in total. The van der Waals surface area contributed by atoms with Crippen LogP contribution in [0.1, 0.15) is 40.7 Å². The van der Waals surface area contributed by atoms with Crippen LogP contribution < -0.4 is 11.1 Å². The predicted octanol–water partition coefficient (Wildman–Crippen LogP) is 3.16. The summed E-state index contributed by atoms with van der Waals surface area (Å²) in [7, 11) is 0. The number of aryl methyl sites for hydroxylation is 1. The average molecular weight is 350 g/mol. The molecule has 0 saturated heterocycles. The highest BCUT2D eigenvalue weighted by Gasteiger charge is 2.13. The number of rotatable bonds is 6. The zero-order valence-electron chi connectivity index (χ0n) is 15.2. The summed E-state index contributed by atoms with van der Waals surface area (Å²) in [5.74, 6) is -1.04.